The summed E-state index contributed by atoms with van der Waals surface area (Å²) in [6, 6.07) is 0. The van der Waals surface area contributed by atoms with E-state index >= 15 is 0 Å². The molecule has 0 aromatic heterocycles. The number of rotatable bonds is 7. The van der Waals surface area contributed by atoms with Gasteiger partial charge in [-0.3, -0.25) is 0 Å². The lowest BCUT2D eigenvalue weighted by Crippen LogP contribution is -2.00. The molecule has 0 rings (SSSR count). The Labute approximate surface area is 68.7 Å². The Morgan fingerprint density at radius 3 is 2.36 bits per heavy atom. The van der Waals surface area contributed by atoms with Gasteiger partial charge in [-0.2, -0.15) is 0 Å². The third-order valence-corrected chi connectivity index (χ3v) is 1.38. The molecule has 0 bridgehead atoms. The van der Waals surface area contributed by atoms with E-state index in [1.165, 1.54) is 19.3 Å². The van der Waals surface area contributed by atoms with Crippen molar-refractivity contribution in [3.8, 4) is 0 Å². The van der Waals surface area contributed by atoms with Gasteiger partial charge in [0.2, 0.25) is 0 Å². The molecule has 0 radical (unpaired) electrons. The zero-order valence-corrected chi connectivity index (χ0v) is 7.31. The lowest BCUT2D eigenvalue weighted by atomic mass is 10.2. The summed E-state index contributed by atoms with van der Waals surface area (Å²) in [5.74, 6) is 0. The van der Waals surface area contributed by atoms with Crippen LogP contribution in [-0.4, -0.2) is 30.4 Å². The van der Waals surface area contributed by atoms with Crippen molar-refractivity contribution in [1.29, 1.82) is 0 Å². The summed E-state index contributed by atoms with van der Waals surface area (Å²) in [5, 5.41) is 8.34. The summed E-state index contributed by atoms with van der Waals surface area (Å²) < 4.78 is 5.08. The number of hydrogen-bond acceptors (Lipinski definition) is 2. The lowest BCUT2D eigenvalue weighted by Gasteiger charge is -2.00. The van der Waals surface area contributed by atoms with E-state index in [1.54, 1.807) is 0 Å². The highest BCUT2D eigenvalue weighted by Crippen LogP contribution is 1.98. The zero-order valence-electron chi connectivity index (χ0n) is 7.31. The molecule has 0 spiro atoms. The Balaban J connectivity index is 0. The van der Waals surface area contributed by atoms with Crippen LogP contribution in [0.25, 0.3) is 0 Å². The molecule has 0 aromatic carbocycles. The molecule has 70 valence electrons. The maximum absolute atomic E-state index is 8.34. The van der Waals surface area contributed by atoms with Gasteiger partial charge in [-0.1, -0.05) is 26.2 Å². The minimum atomic E-state index is 0. The van der Waals surface area contributed by atoms with Crippen LogP contribution in [-0.2, 0) is 4.74 Å². The van der Waals surface area contributed by atoms with Crippen LogP contribution < -0.4 is 0 Å². The maximum Gasteiger partial charge on any atom is 0.0697 e. The van der Waals surface area contributed by atoms with Crippen LogP contribution in [0.4, 0.5) is 0 Å². The normalized spacial score (nSPS) is 9.27. The first-order chi connectivity index (χ1) is 4.91. The fraction of sp³-hybridized carbons (Fsp3) is 1.00. The third kappa shape index (κ3) is 13.0. The van der Waals surface area contributed by atoms with Gasteiger partial charge < -0.3 is 15.3 Å². The van der Waals surface area contributed by atoms with Gasteiger partial charge in [0.15, 0.2) is 0 Å². The first-order valence-electron chi connectivity index (χ1n) is 4.10. The van der Waals surface area contributed by atoms with Crippen LogP contribution in [0.1, 0.15) is 32.6 Å². The summed E-state index contributed by atoms with van der Waals surface area (Å²) in [7, 11) is 0. The molecule has 0 amide bonds. The second-order valence-electron chi connectivity index (χ2n) is 2.40. The maximum atomic E-state index is 8.34. The molecule has 11 heavy (non-hydrogen) atoms. The highest BCUT2D eigenvalue weighted by atomic mass is 16.5. The minimum absolute atomic E-state index is 0. The molecule has 3 N–H and O–H groups in total. The van der Waals surface area contributed by atoms with Gasteiger partial charge in [0.1, 0.15) is 0 Å². The molecule has 0 aliphatic carbocycles. The van der Waals surface area contributed by atoms with Gasteiger partial charge in [-0.25, -0.2) is 0 Å². The molecule has 3 nitrogen and oxygen atoms in total. The second-order valence-corrected chi connectivity index (χ2v) is 2.40. The quantitative estimate of drug-likeness (QED) is 0.564. The minimum Gasteiger partial charge on any atom is -0.412 e. The number of ether oxygens (including phenoxy) is 1. The van der Waals surface area contributed by atoms with Gasteiger partial charge in [-0.15, -0.1) is 0 Å². The van der Waals surface area contributed by atoms with E-state index in [0.717, 1.165) is 13.0 Å². The fourth-order valence-corrected chi connectivity index (χ4v) is 0.798. The highest BCUT2D eigenvalue weighted by Gasteiger charge is 1.87. The van der Waals surface area contributed by atoms with E-state index in [9.17, 15) is 0 Å². The SMILES string of the molecule is CCCCCCOCCO.O. The molecule has 0 aromatic rings. The Hall–Kier alpha value is -0.120. The van der Waals surface area contributed by atoms with Crippen molar-refractivity contribution in [3.05, 3.63) is 0 Å². The lowest BCUT2D eigenvalue weighted by molar-refractivity contribution is 0.0896. The summed E-state index contributed by atoms with van der Waals surface area (Å²) in [6.07, 6.45) is 4.94. The molecule has 3 heteroatoms. The Morgan fingerprint density at radius 2 is 1.82 bits per heavy atom. The van der Waals surface area contributed by atoms with Gasteiger partial charge in [0.25, 0.3) is 0 Å². The molecule has 0 unspecified atom stereocenters. The van der Waals surface area contributed by atoms with Crippen molar-refractivity contribution in [2.24, 2.45) is 0 Å². The summed E-state index contributed by atoms with van der Waals surface area (Å²) in [5.41, 5.74) is 0. The topological polar surface area (TPSA) is 61.0 Å². The standard InChI is InChI=1S/C8H18O2.H2O/c1-2-3-4-5-7-10-8-6-9;/h9H,2-8H2,1H3;1H2. The molecule has 0 heterocycles. The number of aliphatic hydroxyl groups is 1. The van der Waals surface area contributed by atoms with Crippen LogP contribution in [0.5, 0.6) is 0 Å². The Morgan fingerprint density at radius 1 is 1.09 bits per heavy atom. The van der Waals surface area contributed by atoms with Crippen molar-refractivity contribution in [1.82, 2.24) is 0 Å². The van der Waals surface area contributed by atoms with Crippen LogP contribution in [0, 0.1) is 0 Å². The Bertz CT molecular complexity index is 49.3. The highest BCUT2D eigenvalue weighted by molar-refractivity contribution is 4.38. The molecular formula is C8H20O3. The molecule has 0 saturated heterocycles. The average molecular weight is 164 g/mol. The van der Waals surface area contributed by atoms with Crippen molar-refractivity contribution >= 4 is 0 Å². The molecule has 0 atom stereocenters. The summed E-state index contributed by atoms with van der Waals surface area (Å²) in [4.78, 5) is 0. The summed E-state index contributed by atoms with van der Waals surface area (Å²) in [6.45, 7) is 3.63. The number of aliphatic hydroxyl groups excluding tert-OH is 1. The van der Waals surface area contributed by atoms with Crippen molar-refractivity contribution in [2.45, 2.75) is 32.6 Å². The van der Waals surface area contributed by atoms with E-state index < -0.39 is 0 Å². The van der Waals surface area contributed by atoms with Crippen LogP contribution in [0.3, 0.4) is 0 Å². The molecule has 0 aliphatic heterocycles. The predicted octanol–water partition coefficient (Wildman–Crippen LogP) is 0.751. The fourth-order valence-electron chi connectivity index (χ4n) is 0.798. The average Bonchev–Trinajstić information content (AvgIpc) is 1.97. The van der Waals surface area contributed by atoms with E-state index in [4.69, 9.17) is 9.84 Å². The smallest absolute Gasteiger partial charge is 0.0697 e. The van der Waals surface area contributed by atoms with E-state index in [2.05, 4.69) is 6.92 Å². The first-order valence-corrected chi connectivity index (χ1v) is 4.10. The number of unbranched alkanes of at least 4 members (excludes halogenated alkanes) is 3. The number of hydrogen-bond donors (Lipinski definition) is 1. The van der Waals surface area contributed by atoms with Crippen molar-refractivity contribution in [3.63, 3.8) is 0 Å². The molecule has 0 aliphatic rings. The predicted molar refractivity (Wildman–Crippen MR) is 45.7 cm³/mol. The van der Waals surface area contributed by atoms with Gasteiger partial charge in [0.05, 0.1) is 13.2 Å². The van der Waals surface area contributed by atoms with E-state index in [-0.39, 0.29) is 12.1 Å². The van der Waals surface area contributed by atoms with Crippen molar-refractivity contribution in [2.75, 3.05) is 19.8 Å². The third-order valence-electron chi connectivity index (χ3n) is 1.38. The first kappa shape index (κ1) is 13.5. The molecule has 0 fully saturated rings. The van der Waals surface area contributed by atoms with E-state index in [1.807, 2.05) is 0 Å². The molecular weight excluding hydrogens is 144 g/mol. The van der Waals surface area contributed by atoms with Gasteiger partial charge in [-0.05, 0) is 6.42 Å². The van der Waals surface area contributed by atoms with Gasteiger partial charge >= 0.3 is 0 Å². The zero-order chi connectivity index (χ0) is 7.66. The largest absolute Gasteiger partial charge is 0.412 e. The summed E-state index contributed by atoms with van der Waals surface area (Å²) >= 11 is 0. The monoisotopic (exact) mass is 164 g/mol. The van der Waals surface area contributed by atoms with Crippen LogP contribution in [0.2, 0.25) is 0 Å². The van der Waals surface area contributed by atoms with Gasteiger partial charge in [0, 0.05) is 6.61 Å². The molecule has 0 saturated carbocycles. The second kappa shape index (κ2) is 12.5. The van der Waals surface area contributed by atoms with Crippen LogP contribution in [0.15, 0.2) is 0 Å². The van der Waals surface area contributed by atoms with E-state index in [0.29, 0.717) is 6.61 Å². The van der Waals surface area contributed by atoms with Crippen molar-refractivity contribution < 1.29 is 15.3 Å². The van der Waals surface area contributed by atoms with Crippen LogP contribution >= 0.6 is 0 Å². The Kier molecular flexibility index (Phi) is 15.4.